The molecular formula is C12H15ClO3S. The summed E-state index contributed by atoms with van der Waals surface area (Å²) in [6, 6.07) is 3.31. The molecule has 0 amide bonds. The van der Waals surface area contributed by atoms with E-state index in [2.05, 4.69) is 0 Å². The van der Waals surface area contributed by atoms with Crippen molar-refractivity contribution in [2.24, 2.45) is 5.92 Å². The summed E-state index contributed by atoms with van der Waals surface area (Å²) in [6.45, 7) is 4.26. The van der Waals surface area contributed by atoms with Crippen molar-refractivity contribution >= 4 is 19.7 Å². The van der Waals surface area contributed by atoms with Crippen LogP contribution in [0.3, 0.4) is 0 Å². The minimum Gasteiger partial charge on any atom is -0.493 e. The van der Waals surface area contributed by atoms with E-state index in [1.165, 1.54) is 12.8 Å². The van der Waals surface area contributed by atoms with E-state index >= 15 is 0 Å². The van der Waals surface area contributed by atoms with E-state index in [4.69, 9.17) is 15.4 Å². The van der Waals surface area contributed by atoms with Crippen LogP contribution >= 0.6 is 10.7 Å². The van der Waals surface area contributed by atoms with Crippen LogP contribution in [-0.4, -0.2) is 15.0 Å². The summed E-state index contributed by atoms with van der Waals surface area (Å²) in [5, 5.41) is 0. The second-order valence-corrected chi connectivity index (χ2v) is 7.11. The zero-order valence-corrected chi connectivity index (χ0v) is 11.4. The third-order valence-electron chi connectivity index (χ3n) is 2.91. The van der Waals surface area contributed by atoms with Crippen molar-refractivity contribution in [1.29, 1.82) is 0 Å². The number of benzene rings is 1. The average molecular weight is 275 g/mol. The summed E-state index contributed by atoms with van der Waals surface area (Å²) in [7, 11) is 1.68. The summed E-state index contributed by atoms with van der Waals surface area (Å²) in [5.74, 6) is 1.42. The molecule has 1 aliphatic rings. The largest absolute Gasteiger partial charge is 0.493 e. The zero-order valence-electron chi connectivity index (χ0n) is 9.86. The highest BCUT2D eigenvalue weighted by Crippen LogP contribution is 2.32. The maximum atomic E-state index is 11.3. The van der Waals surface area contributed by atoms with E-state index in [1.54, 1.807) is 19.1 Å². The molecule has 0 bridgehead atoms. The van der Waals surface area contributed by atoms with Crippen LogP contribution < -0.4 is 4.74 Å². The molecule has 0 N–H and O–H groups in total. The molecule has 0 aromatic heterocycles. The Kier molecular flexibility index (Phi) is 3.36. The molecule has 1 aromatic carbocycles. The van der Waals surface area contributed by atoms with Gasteiger partial charge in [-0.3, -0.25) is 0 Å². The molecule has 1 fully saturated rings. The van der Waals surface area contributed by atoms with E-state index in [9.17, 15) is 8.42 Å². The first kappa shape index (κ1) is 12.7. The molecule has 0 atom stereocenters. The van der Waals surface area contributed by atoms with Gasteiger partial charge >= 0.3 is 0 Å². The van der Waals surface area contributed by atoms with Gasteiger partial charge in [0.1, 0.15) is 5.75 Å². The molecule has 0 heterocycles. The fourth-order valence-corrected chi connectivity index (χ4v) is 2.93. The maximum Gasteiger partial charge on any atom is 0.261 e. The molecule has 17 heavy (non-hydrogen) atoms. The van der Waals surface area contributed by atoms with Gasteiger partial charge in [-0.2, -0.15) is 0 Å². The summed E-state index contributed by atoms with van der Waals surface area (Å²) in [4.78, 5) is 0.162. The van der Waals surface area contributed by atoms with Gasteiger partial charge < -0.3 is 4.74 Å². The van der Waals surface area contributed by atoms with Crippen molar-refractivity contribution in [3.8, 4) is 5.75 Å². The zero-order chi connectivity index (χ0) is 12.6. The molecule has 0 unspecified atom stereocenters. The molecule has 94 valence electrons. The third kappa shape index (κ3) is 3.13. The SMILES string of the molecule is Cc1cc(S(=O)(=O)Cl)c(C)cc1OCC1CC1. The Hall–Kier alpha value is -0.740. The molecule has 5 heteroatoms. The number of ether oxygens (including phenoxy) is 1. The van der Waals surface area contributed by atoms with Crippen molar-refractivity contribution in [3.05, 3.63) is 23.3 Å². The van der Waals surface area contributed by atoms with Gasteiger partial charge in [-0.1, -0.05) is 0 Å². The lowest BCUT2D eigenvalue weighted by atomic mass is 10.1. The van der Waals surface area contributed by atoms with Gasteiger partial charge in [-0.15, -0.1) is 0 Å². The Morgan fingerprint density at radius 3 is 2.47 bits per heavy atom. The molecule has 1 aromatic rings. The van der Waals surface area contributed by atoms with Crippen LogP contribution in [0.25, 0.3) is 0 Å². The molecule has 0 radical (unpaired) electrons. The summed E-state index contributed by atoms with van der Waals surface area (Å²) >= 11 is 0. The van der Waals surface area contributed by atoms with E-state index in [1.807, 2.05) is 6.92 Å². The van der Waals surface area contributed by atoms with Crippen molar-refractivity contribution < 1.29 is 13.2 Å². The highest BCUT2D eigenvalue weighted by molar-refractivity contribution is 8.13. The fourth-order valence-electron chi connectivity index (χ4n) is 1.67. The summed E-state index contributed by atoms with van der Waals surface area (Å²) in [6.07, 6.45) is 2.46. The number of rotatable bonds is 4. The monoisotopic (exact) mass is 274 g/mol. The molecule has 0 saturated heterocycles. The predicted octanol–water partition coefficient (Wildman–Crippen LogP) is 3.02. The van der Waals surface area contributed by atoms with Gasteiger partial charge in [0, 0.05) is 10.7 Å². The van der Waals surface area contributed by atoms with E-state index in [0.29, 0.717) is 18.1 Å². The second kappa shape index (κ2) is 4.50. The van der Waals surface area contributed by atoms with Gasteiger partial charge in [0.25, 0.3) is 9.05 Å². The van der Waals surface area contributed by atoms with Crippen LogP contribution in [0.15, 0.2) is 17.0 Å². The van der Waals surface area contributed by atoms with Crippen LogP contribution in [0.2, 0.25) is 0 Å². The van der Waals surface area contributed by atoms with E-state index < -0.39 is 9.05 Å². The first-order valence-electron chi connectivity index (χ1n) is 5.56. The normalized spacial score (nSPS) is 15.9. The Morgan fingerprint density at radius 1 is 1.29 bits per heavy atom. The standard InChI is InChI=1S/C12H15ClO3S/c1-8-6-12(17(13,14)15)9(2)5-11(8)16-7-10-3-4-10/h5-6,10H,3-4,7H2,1-2H3. The maximum absolute atomic E-state index is 11.3. The van der Waals surface area contributed by atoms with E-state index in [0.717, 1.165) is 11.3 Å². The van der Waals surface area contributed by atoms with Crippen LogP contribution in [0.1, 0.15) is 24.0 Å². The van der Waals surface area contributed by atoms with Crippen LogP contribution in [0.4, 0.5) is 0 Å². The molecule has 1 aliphatic carbocycles. The molecule has 0 aliphatic heterocycles. The smallest absolute Gasteiger partial charge is 0.261 e. The van der Waals surface area contributed by atoms with Crippen molar-refractivity contribution in [2.45, 2.75) is 31.6 Å². The van der Waals surface area contributed by atoms with Crippen molar-refractivity contribution in [1.82, 2.24) is 0 Å². The lowest BCUT2D eigenvalue weighted by Crippen LogP contribution is -2.03. The van der Waals surface area contributed by atoms with Gasteiger partial charge in [0.2, 0.25) is 0 Å². The highest BCUT2D eigenvalue weighted by Gasteiger charge is 2.23. The molecule has 3 nitrogen and oxygen atoms in total. The molecule has 2 rings (SSSR count). The molecular weight excluding hydrogens is 260 g/mol. The second-order valence-electron chi connectivity index (χ2n) is 4.58. The van der Waals surface area contributed by atoms with Gasteiger partial charge in [0.05, 0.1) is 11.5 Å². The topological polar surface area (TPSA) is 43.4 Å². The Bertz CT molecular complexity index is 533. The number of hydrogen-bond donors (Lipinski definition) is 0. The van der Waals surface area contributed by atoms with Crippen molar-refractivity contribution in [3.63, 3.8) is 0 Å². The molecule has 1 saturated carbocycles. The molecule has 0 spiro atoms. The highest BCUT2D eigenvalue weighted by atomic mass is 35.7. The number of halogens is 1. The summed E-state index contributed by atoms with van der Waals surface area (Å²) < 4.78 is 28.3. The number of aryl methyl sites for hydroxylation is 2. The first-order chi connectivity index (χ1) is 7.88. The lowest BCUT2D eigenvalue weighted by molar-refractivity contribution is 0.297. The van der Waals surface area contributed by atoms with Crippen molar-refractivity contribution in [2.75, 3.05) is 6.61 Å². The quantitative estimate of drug-likeness (QED) is 0.793. The van der Waals surface area contributed by atoms with Crippen LogP contribution in [0.5, 0.6) is 5.75 Å². The fraction of sp³-hybridized carbons (Fsp3) is 0.500. The van der Waals surface area contributed by atoms with Crippen LogP contribution in [0, 0.1) is 19.8 Å². The minimum atomic E-state index is -3.68. The summed E-state index contributed by atoms with van der Waals surface area (Å²) in [5.41, 5.74) is 1.42. The van der Waals surface area contributed by atoms with Crippen LogP contribution in [-0.2, 0) is 9.05 Å². The first-order valence-corrected chi connectivity index (χ1v) is 7.87. The van der Waals surface area contributed by atoms with Gasteiger partial charge in [-0.05, 0) is 55.9 Å². The van der Waals surface area contributed by atoms with Gasteiger partial charge in [0.15, 0.2) is 0 Å². The number of hydrogen-bond acceptors (Lipinski definition) is 3. The predicted molar refractivity (Wildman–Crippen MR) is 67.2 cm³/mol. The average Bonchev–Trinajstić information content (AvgIpc) is 3.00. The van der Waals surface area contributed by atoms with Gasteiger partial charge in [-0.25, -0.2) is 8.42 Å². The Balaban J connectivity index is 2.27. The minimum absolute atomic E-state index is 0.162. The Labute approximate surface area is 106 Å². The third-order valence-corrected chi connectivity index (χ3v) is 4.37. The van der Waals surface area contributed by atoms with E-state index in [-0.39, 0.29) is 4.90 Å². The Morgan fingerprint density at radius 2 is 1.94 bits per heavy atom. The lowest BCUT2D eigenvalue weighted by Gasteiger charge is -2.11.